The number of phenols is 1. The summed E-state index contributed by atoms with van der Waals surface area (Å²) in [5.74, 6) is -3.26. The second-order valence-electron chi connectivity index (χ2n) is 8.91. The van der Waals surface area contributed by atoms with E-state index >= 15 is 0 Å². The predicted molar refractivity (Wildman–Crippen MR) is 145 cm³/mol. The molecule has 0 bridgehead atoms. The first-order valence-electron chi connectivity index (χ1n) is 11.9. The van der Waals surface area contributed by atoms with E-state index in [-0.39, 0.29) is 24.3 Å². The molecule has 38 heavy (non-hydrogen) atoms. The number of phenolic OH excluding ortho intramolecular Hbond substituents is 1. The van der Waals surface area contributed by atoms with Crippen molar-refractivity contribution in [3.63, 3.8) is 0 Å². The van der Waals surface area contributed by atoms with Crippen molar-refractivity contribution in [1.29, 1.82) is 0 Å². The second-order valence-corrected chi connectivity index (χ2v) is 9.28. The summed E-state index contributed by atoms with van der Waals surface area (Å²) < 4.78 is 0. The third-order valence-electron chi connectivity index (χ3n) is 6.01. The first kappa shape index (κ1) is 28.5. The molecule has 3 amide bonds. The summed E-state index contributed by atoms with van der Waals surface area (Å²) in [4.78, 5) is 53.0. The van der Waals surface area contributed by atoms with E-state index in [9.17, 15) is 24.3 Å². The SMILES string of the molecule is CC(NC(=O)C(Cc1ccc(O)cc1)NC(=O)C(CS)NC(=O)C(N)Cc1c[nH]c2ccccc12)C(=O)O. The van der Waals surface area contributed by atoms with Crippen LogP contribution in [0.4, 0.5) is 0 Å². The fraction of sp³-hybridized carbons (Fsp3) is 0.308. The third-order valence-corrected chi connectivity index (χ3v) is 6.37. The first-order valence-corrected chi connectivity index (χ1v) is 12.6. The molecule has 0 saturated carbocycles. The molecule has 12 heteroatoms. The summed E-state index contributed by atoms with van der Waals surface area (Å²) in [5, 5.41) is 27.1. The number of aromatic nitrogens is 1. The number of carbonyl (C=O) groups is 4. The normalized spacial score (nSPS) is 14.2. The number of amides is 3. The Morgan fingerprint density at radius 2 is 1.55 bits per heavy atom. The average Bonchev–Trinajstić information content (AvgIpc) is 3.30. The Hall–Kier alpha value is -4.03. The van der Waals surface area contributed by atoms with Crippen LogP contribution >= 0.6 is 12.6 Å². The Bertz CT molecular complexity index is 1290. The maximum atomic E-state index is 13.0. The van der Waals surface area contributed by atoms with Crippen LogP contribution < -0.4 is 21.7 Å². The summed E-state index contributed by atoms with van der Waals surface area (Å²) in [6.07, 6.45) is 2.03. The van der Waals surface area contributed by atoms with E-state index in [1.807, 2.05) is 24.3 Å². The number of carboxylic acids is 1. The lowest BCUT2D eigenvalue weighted by Gasteiger charge is -2.24. The van der Waals surface area contributed by atoms with Gasteiger partial charge in [0.15, 0.2) is 0 Å². The Labute approximate surface area is 224 Å². The number of aromatic amines is 1. The van der Waals surface area contributed by atoms with Gasteiger partial charge in [-0.05, 0) is 42.7 Å². The molecular weight excluding hydrogens is 510 g/mol. The number of rotatable bonds is 12. The molecule has 1 heterocycles. The van der Waals surface area contributed by atoms with Crippen molar-refractivity contribution in [1.82, 2.24) is 20.9 Å². The van der Waals surface area contributed by atoms with E-state index < -0.39 is 47.9 Å². The molecule has 8 N–H and O–H groups in total. The quantitative estimate of drug-likeness (QED) is 0.153. The lowest BCUT2D eigenvalue weighted by Crippen LogP contribution is -2.58. The number of carbonyl (C=O) groups excluding carboxylic acids is 3. The number of carboxylic acid groups (broad SMARTS) is 1. The van der Waals surface area contributed by atoms with Gasteiger partial charge in [0.2, 0.25) is 17.7 Å². The highest BCUT2D eigenvalue weighted by Crippen LogP contribution is 2.19. The Balaban J connectivity index is 1.68. The molecule has 2 aromatic carbocycles. The smallest absolute Gasteiger partial charge is 0.325 e. The minimum absolute atomic E-state index is 0.0114. The van der Waals surface area contributed by atoms with Crippen molar-refractivity contribution in [2.24, 2.45) is 5.73 Å². The number of hydrogen-bond acceptors (Lipinski definition) is 7. The first-order chi connectivity index (χ1) is 18.1. The molecule has 0 spiro atoms. The van der Waals surface area contributed by atoms with Crippen molar-refractivity contribution in [2.45, 2.75) is 43.9 Å². The van der Waals surface area contributed by atoms with Crippen LogP contribution in [0.2, 0.25) is 0 Å². The topological polar surface area (TPSA) is 187 Å². The molecule has 4 atom stereocenters. The summed E-state index contributed by atoms with van der Waals surface area (Å²) in [6, 6.07) is 9.20. The van der Waals surface area contributed by atoms with Crippen LogP contribution in [0.1, 0.15) is 18.1 Å². The summed E-state index contributed by atoms with van der Waals surface area (Å²) in [7, 11) is 0. The van der Waals surface area contributed by atoms with Gasteiger partial charge in [-0.3, -0.25) is 19.2 Å². The molecule has 3 aromatic rings. The van der Waals surface area contributed by atoms with Crippen molar-refractivity contribution in [2.75, 3.05) is 5.75 Å². The van der Waals surface area contributed by atoms with E-state index in [1.165, 1.54) is 19.1 Å². The molecule has 0 aliphatic carbocycles. The number of hydrogen-bond donors (Lipinski definition) is 8. The highest BCUT2D eigenvalue weighted by Gasteiger charge is 2.29. The lowest BCUT2D eigenvalue weighted by atomic mass is 10.0. The van der Waals surface area contributed by atoms with Crippen molar-refractivity contribution >= 4 is 47.2 Å². The maximum Gasteiger partial charge on any atom is 0.325 e. The van der Waals surface area contributed by atoms with Crippen LogP contribution in [-0.2, 0) is 32.0 Å². The molecule has 0 fully saturated rings. The molecule has 3 rings (SSSR count). The van der Waals surface area contributed by atoms with Gasteiger partial charge >= 0.3 is 5.97 Å². The lowest BCUT2D eigenvalue weighted by molar-refractivity contribution is -0.141. The molecule has 0 aliphatic heterocycles. The summed E-state index contributed by atoms with van der Waals surface area (Å²) >= 11 is 4.18. The molecule has 202 valence electrons. The van der Waals surface area contributed by atoms with E-state index in [1.54, 1.807) is 18.3 Å². The van der Waals surface area contributed by atoms with E-state index in [0.717, 1.165) is 16.5 Å². The van der Waals surface area contributed by atoms with Crippen LogP contribution in [0.3, 0.4) is 0 Å². The highest BCUT2D eigenvalue weighted by atomic mass is 32.1. The fourth-order valence-electron chi connectivity index (χ4n) is 3.83. The van der Waals surface area contributed by atoms with Crippen molar-refractivity contribution in [3.05, 3.63) is 65.9 Å². The Morgan fingerprint density at radius 1 is 0.921 bits per heavy atom. The molecule has 4 unspecified atom stereocenters. The van der Waals surface area contributed by atoms with Crippen LogP contribution in [-0.4, -0.2) is 68.8 Å². The van der Waals surface area contributed by atoms with Gasteiger partial charge in [-0.15, -0.1) is 0 Å². The van der Waals surface area contributed by atoms with Crippen molar-refractivity contribution < 1.29 is 29.4 Å². The zero-order valence-electron chi connectivity index (χ0n) is 20.7. The Kier molecular flexibility index (Phi) is 9.74. The van der Waals surface area contributed by atoms with Gasteiger partial charge in [0.05, 0.1) is 6.04 Å². The van der Waals surface area contributed by atoms with Crippen molar-refractivity contribution in [3.8, 4) is 5.75 Å². The molecule has 0 radical (unpaired) electrons. The molecular formula is C26H31N5O6S. The number of para-hydroxylation sites is 1. The second kappa shape index (κ2) is 13.0. The number of benzene rings is 2. The van der Waals surface area contributed by atoms with Crippen LogP contribution in [0.15, 0.2) is 54.7 Å². The van der Waals surface area contributed by atoms with Gasteiger partial charge in [0, 0.05) is 29.3 Å². The molecule has 1 aromatic heterocycles. The number of thiol groups is 1. The summed E-state index contributed by atoms with van der Waals surface area (Å²) in [5.41, 5.74) is 8.51. The average molecular weight is 542 g/mol. The van der Waals surface area contributed by atoms with Crippen LogP contribution in [0, 0.1) is 0 Å². The van der Waals surface area contributed by atoms with Gasteiger partial charge in [-0.1, -0.05) is 30.3 Å². The van der Waals surface area contributed by atoms with Gasteiger partial charge < -0.3 is 36.9 Å². The zero-order valence-corrected chi connectivity index (χ0v) is 21.6. The standard InChI is InChI=1S/C26H31N5O6S/c1-14(26(36)37)29-24(34)21(10-15-6-8-17(32)9-7-15)30-25(35)22(13-38)31-23(33)19(27)11-16-12-28-20-5-3-2-4-18(16)20/h2-9,12,14,19,21-22,28,32,38H,10-11,13,27H2,1H3,(H,29,34)(H,30,35)(H,31,33)(H,36,37). The van der Waals surface area contributed by atoms with Crippen LogP contribution in [0.25, 0.3) is 10.9 Å². The molecule has 11 nitrogen and oxygen atoms in total. The summed E-state index contributed by atoms with van der Waals surface area (Å²) in [6.45, 7) is 1.30. The number of aromatic hydroxyl groups is 1. The fourth-order valence-corrected chi connectivity index (χ4v) is 4.09. The largest absolute Gasteiger partial charge is 0.508 e. The predicted octanol–water partition coefficient (Wildman–Crippen LogP) is 0.475. The van der Waals surface area contributed by atoms with Gasteiger partial charge in [0.25, 0.3) is 0 Å². The number of nitrogens with two attached hydrogens (primary N) is 1. The Morgan fingerprint density at radius 3 is 2.21 bits per heavy atom. The van der Waals surface area contributed by atoms with Gasteiger partial charge in [-0.2, -0.15) is 12.6 Å². The number of H-pyrrole nitrogens is 1. The minimum Gasteiger partial charge on any atom is -0.508 e. The van der Waals surface area contributed by atoms with E-state index in [4.69, 9.17) is 10.8 Å². The monoisotopic (exact) mass is 541 g/mol. The number of nitrogens with one attached hydrogen (secondary N) is 4. The van der Waals surface area contributed by atoms with E-state index in [0.29, 0.717) is 5.56 Å². The molecule has 0 saturated heterocycles. The number of aliphatic carboxylic acids is 1. The van der Waals surface area contributed by atoms with Crippen LogP contribution in [0.5, 0.6) is 5.75 Å². The van der Waals surface area contributed by atoms with Gasteiger partial charge in [-0.25, -0.2) is 0 Å². The minimum atomic E-state index is -1.24. The molecule has 0 aliphatic rings. The maximum absolute atomic E-state index is 13.0. The zero-order chi connectivity index (χ0) is 27.8. The number of fused-ring (bicyclic) bond motifs is 1. The van der Waals surface area contributed by atoms with Gasteiger partial charge in [0.1, 0.15) is 23.9 Å². The third kappa shape index (κ3) is 7.49. The van der Waals surface area contributed by atoms with E-state index in [2.05, 4.69) is 33.6 Å². The highest BCUT2D eigenvalue weighted by molar-refractivity contribution is 7.80.